The minimum Gasteiger partial charge on any atom is -0.481 e. The minimum absolute atomic E-state index is 0.0795. The maximum atomic E-state index is 12.9. The lowest BCUT2D eigenvalue weighted by atomic mass is 9.99. The number of pyridine rings is 1. The standard InChI is InChI=1S/C31H33Cl2N5O4/c1-18(35-25-13-15-42-17-27(25)39)20-10-11-24(37-31(20)41-3)23-8-4-6-21(28(23)32)22-7-5-9-26(29(22)33)36-30(40)19-12-14-34-38(2)16-19/h4-12,14,18,25,27,35,39H,13,15-17H2,1-3H3,(H,36,40)/t18-,25-,27+/m1/s1. The molecule has 2 aromatic carbocycles. The number of carbonyl (C=O) groups excluding carboxylic acids is 1. The van der Waals surface area contributed by atoms with Gasteiger partial charge in [-0.2, -0.15) is 5.10 Å². The molecule has 9 nitrogen and oxygen atoms in total. The Morgan fingerprint density at radius 2 is 1.86 bits per heavy atom. The zero-order valence-corrected chi connectivity index (χ0v) is 25.1. The number of benzene rings is 2. The number of aliphatic hydroxyl groups is 1. The lowest BCUT2D eigenvalue weighted by Crippen LogP contribution is -2.47. The van der Waals surface area contributed by atoms with Crippen molar-refractivity contribution in [3.05, 3.63) is 75.8 Å². The number of carbonyl (C=O) groups is 1. The molecule has 3 heterocycles. The number of nitrogens with one attached hydrogen (secondary N) is 2. The lowest BCUT2D eigenvalue weighted by Gasteiger charge is -2.31. The maximum absolute atomic E-state index is 12.9. The molecule has 0 aliphatic carbocycles. The van der Waals surface area contributed by atoms with Crippen LogP contribution in [0.25, 0.3) is 22.4 Å². The molecule has 1 aromatic heterocycles. The van der Waals surface area contributed by atoms with Gasteiger partial charge in [0, 0.05) is 59.8 Å². The molecule has 0 radical (unpaired) electrons. The van der Waals surface area contributed by atoms with Crippen LogP contribution in [0.4, 0.5) is 5.69 Å². The number of aromatic nitrogens is 1. The van der Waals surface area contributed by atoms with Crippen LogP contribution in [0.2, 0.25) is 10.0 Å². The topological polar surface area (TPSA) is 108 Å². The highest BCUT2D eigenvalue weighted by Gasteiger charge is 2.27. The lowest BCUT2D eigenvalue weighted by molar-refractivity contribution is -0.113. The molecule has 0 bridgehead atoms. The minimum atomic E-state index is -0.569. The average Bonchev–Trinajstić information content (AvgIpc) is 2.99. The molecule has 3 aromatic rings. The van der Waals surface area contributed by atoms with Gasteiger partial charge in [0.15, 0.2) is 0 Å². The van der Waals surface area contributed by atoms with E-state index in [9.17, 15) is 9.90 Å². The molecule has 2 aliphatic heterocycles. The third kappa shape index (κ3) is 6.45. The summed E-state index contributed by atoms with van der Waals surface area (Å²) in [6.45, 7) is 3.33. The quantitative estimate of drug-likeness (QED) is 0.317. The number of allylic oxidation sites excluding steroid dienone is 1. The van der Waals surface area contributed by atoms with Crippen molar-refractivity contribution in [1.82, 2.24) is 15.3 Å². The van der Waals surface area contributed by atoms with E-state index in [0.717, 1.165) is 12.0 Å². The molecule has 0 saturated carbocycles. The number of hydrogen-bond donors (Lipinski definition) is 3. The van der Waals surface area contributed by atoms with E-state index in [1.54, 1.807) is 37.5 Å². The molecule has 3 N–H and O–H groups in total. The van der Waals surface area contributed by atoms with E-state index in [2.05, 4.69) is 15.7 Å². The van der Waals surface area contributed by atoms with E-state index in [1.165, 1.54) is 0 Å². The van der Waals surface area contributed by atoms with E-state index in [0.29, 0.717) is 69.3 Å². The van der Waals surface area contributed by atoms with Crippen molar-refractivity contribution >= 4 is 41.0 Å². The molecular weight excluding hydrogens is 577 g/mol. The highest BCUT2D eigenvalue weighted by Crippen LogP contribution is 2.41. The van der Waals surface area contributed by atoms with Gasteiger partial charge in [0.25, 0.3) is 5.91 Å². The molecule has 1 saturated heterocycles. The second kappa shape index (κ2) is 13.2. The molecule has 1 amide bonds. The van der Waals surface area contributed by atoms with Crippen LogP contribution >= 0.6 is 23.2 Å². The summed E-state index contributed by atoms with van der Waals surface area (Å²) in [6, 6.07) is 14.8. The van der Waals surface area contributed by atoms with Crippen molar-refractivity contribution in [2.75, 3.05) is 39.2 Å². The van der Waals surface area contributed by atoms with E-state index in [-0.39, 0.29) is 18.0 Å². The Hall–Kier alpha value is -3.47. The third-order valence-corrected chi connectivity index (χ3v) is 8.20. The second-order valence-corrected chi connectivity index (χ2v) is 11.0. The Kier molecular flexibility index (Phi) is 9.45. The zero-order chi connectivity index (χ0) is 29.8. The van der Waals surface area contributed by atoms with Crippen molar-refractivity contribution in [2.45, 2.75) is 31.5 Å². The average molecular weight is 611 g/mol. The highest BCUT2D eigenvalue weighted by molar-refractivity contribution is 6.39. The first-order valence-corrected chi connectivity index (χ1v) is 14.4. The van der Waals surface area contributed by atoms with E-state index >= 15 is 0 Å². The number of halogens is 2. The van der Waals surface area contributed by atoms with Gasteiger partial charge in [-0.3, -0.25) is 9.80 Å². The summed E-state index contributed by atoms with van der Waals surface area (Å²) in [5, 5.41) is 23.3. The van der Waals surface area contributed by atoms with Gasteiger partial charge < -0.3 is 25.2 Å². The van der Waals surface area contributed by atoms with Crippen LogP contribution in [-0.4, -0.2) is 73.3 Å². The monoisotopic (exact) mass is 609 g/mol. The predicted octanol–water partition coefficient (Wildman–Crippen LogP) is 5.33. The van der Waals surface area contributed by atoms with Gasteiger partial charge in [0.1, 0.15) is 0 Å². The van der Waals surface area contributed by atoms with Gasteiger partial charge in [0.05, 0.1) is 47.8 Å². The fourth-order valence-electron chi connectivity index (χ4n) is 5.12. The Labute approximate surface area is 255 Å². The maximum Gasteiger partial charge on any atom is 0.253 e. The second-order valence-electron chi connectivity index (χ2n) is 10.3. The van der Waals surface area contributed by atoms with Crippen molar-refractivity contribution < 1.29 is 19.4 Å². The third-order valence-electron chi connectivity index (χ3n) is 7.38. The molecule has 2 aliphatic rings. The normalized spacial score (nSPS) is 19.3. The van der Waals surface area contributed by atoms with E-state index in [1.807, 2.05) is 49.4 Å². The predicted molar refractivity (Wildman–Crippen MR) is 166 cm³/mol. The number of likely N-dealkylation sites (N-methyl/N-ethyl adjacent to an activating group) is 1. The number of methoxy groups -OCH3 is 1. The molecule has 42 heavy (non-hydrogen) atoms. The van der Waals surface area contributed by atoms with Gasteiger partial charge in [0.2, 0.25) is 5.88 Å². The molecule has 0 spiro atoms. The summed E-state index contributed by atoms with van der Waals surface area (Å²) in [4.78, 5) is 17.7. The Morgan fingerprint density at radius 1 is 1.12 bits per heavy atom. The van der Waals surface area contributed by atoms with Crippen LogP contribution in [-0.2, 0) is 9.53 Å². The first kappa shape index (κ1) is 30.0. The number of aliphatic hydroxyl groups excluding tert-OH is 1. The molecule has 220 valence electrons. The van der Waals surface area contributed by atoms with Crippen LogP contribution < -0.4 is 15.4 Å². The van der Waals surface area contributed by atoms with Crippen LogP contribution in [0, 0.1) is 0 Å². The summed E-state index contributed by atoms with van der Waals surface area (Å²) < 4.78 is 11.0. The summed E-state index contributed by atoms with van der Waals surface area (Å²) in [5.41, 5.74) is 4.64. The number of amides is 1. The SMILES string of the molecule is COc1nc(-c2cccc(-c3cccc(NC(=O)C4=CC=NN(C)C4)c3Cl)c2Cl)ccc1[C@@H](C)N[C@@H]1CCOC[C@@H]1O. The molecule has 5 rings (SSSR count). The number of hydrazone groups is 1. The molecular formula is C31H33Cl2N5O4. The largest absolute Gasteiger partial charge is 0.481 e. The Balaban J connectivity index is 1.41. The van der Waals surface area contributed by atoms with E-state index in [4.69, 9.17) is 37.7 Å². The van der Waals surface area contributed by atoms with Crippen molar-refractivity contribution in [3.63, 3.8) is 0 Å². The summed E-state index contributed by atoms with van der Waals surface area (Å²) in [7, 11) is 3.38. The number of hydrogen-bond acceptors (Lipinski definition) is 8. The number of anilines is 1. The van der Waals surface area contributed by atoms with Crippen LogP contribution in [0.5, 0.6) is 5.88 Å². The highest BCUT2D eigenvalue weighted by atomic mass is 35.5. The van der Waals surface area contributed by atoms with Crippen molar-refractivity contribution in [1.29, 1.82) is 0 Å². The number of ether oxygens (including phenoxy) is 2. The van der Waals surface area contributed by atoms with Gasteiger partial charge in [-0.1, -0.05) is 53.5 Å². The Bertz CT molecular complexity index is 1530. The zero-order valence-electron chi connectivity index (χ0n) is 23.6. The van der Waals surface area contributed by atoms with Crippen LogP contribution in [0.1, 0.15) is 24.9 Å². The molecule has 11 heteroatoms. The van der Waals surface area contributed by atoms with Gasteiger partial charge >= 0.3 is 0 Å². The number of rotatable bonds is 8. The van der Waals surface area contributed by atoms with Crippen molar-refractivity contribution in [2.24, 2.45) is 5.10 Å². The first-order chi connectivity index (χ1) is 20.3. The van der Waals surface area contributed by atoms with Crippen molar-refractivity contribution in [3.8, 4) is 28.3 Å². The Morgan fingerprint density at radius 3 is 2.60 bits per heavy atom. The van der Waals surface area contributed by atoms with Gasteiger partial charge in [-0.05, 0) is 37.6 Å². The van der Waals surface area contributed by atoms with Gasteiger partial charge in [-0.25, -0.2) is 4.98 Å². The molecule has 1 fully saturated rings. The smallest absolute Gasteiger partial charge is 0.253 e. The molecule has 3 atom stereocenters. The first-order valence-electron chi connectivity index (χ1n) is 13.7. The fraction of sp³-hybridized carbons (Fsp3) is 0.323. The summed E-state index contributed by atoms with van der Waals surface area (Å²) in [6.07, 6.45) is 3.43. The van der Waals surface area contributed by atoms with Gasteiger partial charge in [-0.15, -0.1) is 0 Å². The van der Waals surface area contributed by atoms with Crippen LogP contribution in [0.3, 0.4) is 0 Å². The molecule has 0 unspecified atom stereocenters. The van der Waals surface area contributed by atoms with E-state index < -0.39 is 6.10 Å². The number of nitrogens with zero attached hydrogens (tertiary/aromatic N) is 3. The van der Waals surface area contributed by atoms with Crippen LogP contribution in [0.15, 0.2) is 65.3 Å². The fourth-order valence-corrected chi connectivity index (χ4v) is 5.72. The summed E-state index contributed by atoms with van der Waals surface area (Å²) in [5.74, 6) is 0.212. The summed E-state index contributed by atoms with van der Waals surface area (Å²) >= 11 is 13.8.